The molecule has 0 atom stereocenters. The first-order valence-corrected chi connectivity index (χ1v) is 11.6. The predicted octanol–water partition coefficient (Wildman–Crippen LogP) is 3.01. The number of carbonyl (C=O) groups is 2. The maximum Gasteiger partial charge on any atom is 0.316 e. The maximum absolute atomic E-state index is 12.3. The highest BCUT2D eigenvalue weighted by atomic mass is 35.5. The van der Waals surface area contributed by atoms with E-state index in [1.807, 2.05) is 12.1 Å². The standard InChI is InChI=1S/C19H18ClN3O6S2/c1-23(2)31(26,27)16-9-12(7-8-13(16)20)21-17(24)10-28-18(25)11-30-19-22-14-5-3-4-6-15(14)29-19/h3-9H,10-11H2,1-2H3,(H,21,24). The van der Waals surface area contributed by atoms with Crippen molar-refractivity contribution in [1.29, 1.82) is 0 Å². The number of rotatable bonds is 8. The quantitative estimate of drug-likeness (QED) is 0.383. The van der Waals surface area contributed by atoms with Gasteiger partial charge in [-0.2, -0.15) is 0 Å². The lowest BCUT2D eigenvalue weighted by molar-refractivity contribution is -0.144. The van der Waals surface area contributed by atoms with Crippen LogP contribution >= 0.6 is 23.4 Å². The molecule has 0 spiro atoms. The normalized spacial score (nSPS) is 11.6. The molecule has 0 aliphatic carbocycles. The molecule has 9 nitrogen and oxygen atoms in total. The second-order valence-corrected chi connectivity index (χ2v) is 9.83. The number of aromatic nitrogens is 1. The van der Waals surface area contributed by atoms with Crippen molar-refractivity contribution < 1.29 is 27.2 Å². The summed E-state index contributed by atoms with van der Waals surface area (Å²) in [5.74, 6) is -1.35. The Morgan fingerprint density at radius 3 is 2.68 bits per heavy atom. The summed E-state index contributed by atoms with van der Waals surface area (Å²) in [6.07, 6.45) is 0. The summed E-state index contributed by atoms with van der Waals surface area (Å²) in [4.78, 5) is 28.0. The van der Waals surface area contributed by atoms with Gasteiger partial charge in [0.15, 0.2) is 12.2 Å². The number of benzene rings is 2. The van der Waals surface area contributed by atoms with E-state index in [0.29, 0.717) is 16.3 Å². The number of carbonyl (C=O) groups excluding carboxylic acids is 2. The molecule has 1 amide bonds. The molecule has 0 saturated heterocycles. The van der Waals surface area contributed by atoms with Crippen LogP contribution in [0.5, 0.6) is 0 Å². The molecule has 0 fully saturated rings. The molecule has 164 valence electrons. The second-order valence-electron chi connectivity index (χ2n) is 6.38. The molecular formula is C19H18ClN3O6S2. The van der Waals surface area contributed by atoms with Crippen LogP contribution < -0.4 is 5.32 Å². The van der Waals surface area contributed by atoms with Gasteiger partial charge in [0.2, 0.25) is 10.0 Å². The Hall–Kier alpha value is -2.60. The van der Waals surface area contributed by atoms with Gasteiger partial charge in [-0.15, -0.1) is 0 Å². The second kappa shape index (κ2) is 9.69. The minimum Gasteiger partial charge on any atom is -0.455 e. The number of hydrogen-bond donors (Lipinski definition) is 1. The van der Waals surface area contributed by atoms with Crippen molar-refractivity contribution in [1.82, 2.24) is 9.29 Å². The summed E-state index contributed by atoms with van der Waals surface area (Å²) >= 11 is 7.02. The number of fused-ring (bicyclic) bond motifs is 1. The number of anilines is 1. The number of amides is 1. The predicted molar refractivity (Wildman–Crippen MR) is 117 cm³/mol. The first-order chi connectivity index (χ1) is 14.7. The number of thioether (sulfide) groups is 1. The fraction of sp³-hybridized carbons (Fsp3) is 0.211. The van der Waals surface area contributed by atoms with Crippen LogP contribution in [0.25, 0.3) is 11.1 Å². The van der Waals surface area contributed by atoms with Crippen molar-refractivity contribution >= 4 is 62.0 Å². The molecule has 1 heterocycles. The minimum atomic E-state index is -3.79. The zero-order chi connectivity index (χ0) is 22.6. The van der Waals surface area contributed by atoms with Crippen molar-refractivity contribution in [3.63, 3.8) is 0 Å². The van der Waals surface area contributed by atoms with Crippen molar-refractivity contribution in [3.8, 4) is 0 Å². The molecule has 0 aliphatic heterocycles. The van der Waals surface area contributed by atoms with Crippen LogP contribution in [-0.2, 0) is 24.3 Å². The van der Waals surface area contributed by atoms with Gasteiger partial charge < -0.3 is 14.5 Å². The van der Waals surface area contributed by atoms with Gasteiger partial charge in [0.25, 0.3) is 11.1 Å². The highest BCUT2D eigenvalue weighted by Gasteiger charge is 2.21. The first kappa shape index (κ1) is 23.1. The van der Waals surface area contributed by atoms with Crippen LogP contribution in [0.4, 0.5) is 5.69 Å². The Balaban J connectivity index is 1.52. The van der Waals surface area contributed by atoms with Crippen LogP contribution in [0.15, 0.2) is 57.0 Å². The van der Waals surface area contributed by atoms with E-state index >= 15 is 0 Å². The number of esters is 1. The largest absolute Gasteiger partial charge is 0.455 e. The lowest BCUT2D eigenvalue weighted by Gasteiger charge is -2.14. The molecule has 0 saturated carbocycles. The number of nitrogens with zero attached hydrogens (tertiary/aromatic N) is 2. The Kier molecular flexibility index (Phi) is 7.21. The summed E-state index contributed by atoms with van der Waals surface area (Å²) in [7, 11) is -1.05. The number of hydrogen-bond acceptors (Lipinski definition) is 8. The van der Waals surface area contributed by atoms with Gasteiger partial charge in [0.1, 0.15) is 16.2 Å². The Morgan fingerprint density at radius 2 is 1.97 bits per heavy atom. The van der Waals surface area contributed by atoms with E-state index in [-0.39, 0.29) is 21.4 Å². The average molecular weight is 484 g/mol. The van der Waals surface area contributed by atoms with Gasteiger partial charge in [0, 0.05) is 19.8 Å². The molecule has 3 rings (SSSR count). The topological polar surface area (TPSA) is 119 Å². The van der Waals surface area contributed by atoms with Crippen LogP contribution in [-0.4, -0.2) is 56.0 Å². The van der Waals surface area contributed by atoms with E-state index in [1.54, 1.807) is 12.1 Å². The minimum absolute atomic E-state index is 0.0225. The number of ether oxygens (including phenoxy) is 1. The SMILES string of the molecule is CN(C)S(=O)(=O)c1cc(NC(=O)COC(=O)CSc2nc3ccccc3o2)ccc1Cl. The summed E-state index contributed by atoms with van der Waals surface area (Å²) < 4.78 is 36.0. The third kappa shape index (κ3) is 5.76. The van der Waals surface area contributed by atoms with Crippen molar-refractivity contribution in [3.05, 3.63) is 47.5 Å². The van der Waals surface area contributed by atoms with Crippen LogP contribution in [0.2, 0.25) is 5.02 Å². The molecule has 1 N–H and O–H groups in total. The zero-order valence-corrected chi connectivity index (χ0v) is 18.9. The molecule has 0 radical (unpaired) electrons. The van der Waals surface area contributed by atoms with E-state index in [4.69, 9.17) is 20.8 Å². The molecule has 0 bridgehead atoms. The van der Waals surface area contributed by atoms with Crippen molar-refractivity contribution in [2.75, 3.05) is 31.8 Å². The van der Waals surface area contributed by atoms with Crippen molar-refractivity contribution in [2.45, 2.75) is 10.1 Å². The van der Waals surface area contributed by atoms with E-state index in [0.717, 1.165) is 16.1 Å². The van der Waals surface area contributed by atoms with Crippen LogP contribution in [0.3, 0.4) is 0 Å². The molecule has 0 unspecified atom stereocenters. The van der Waals surface area contributed by atoms with Gasteiger partial charge in [-0.05, 0) is 30.3 Å². The number of sulfonamides is 1. The highest BCUT2D eigenvalue weighted by Crippen LogP contribution is 2.27. The third-order valence-electron chi connectivity index (χ3n) is 3.93. The van der Waals surface area contributed by atoms with Crippen LogP contribution in [0, 0.1) is 0 Å². The molecule has 3 aromatic rings. The van der Waals surface area contributed by atoms with E-state index in [9.17, 15) is 18.0 Å². The van der Waals surface area contributed by atoms with E-state index < -0.39 is 28.5 Å². The lowest BCUT2D eigenvalue weighted by atomic mass is 10.3. The molecule has 1 aromatic heterocycles. The van der Waals surface area contributed by atoms with Gasteiger partial charge in [-0.25, -0.2) is 17.7 Å². The third-order valence-corrected chi connectivity index (χ3v) is 7.02. The fourth-order valence-electron chi connectivity index (χ4n) is 2.39. The molecule has 12 heteroatoms. The number of nitrogens with one attached hydrogen (secondary N) is 1. The van der Waals surface area contributed by atoms with Crippen LogP contribution in [0.1, 0.15) is 0 Å². The van der Waals surface area contributed by atoms with Gasteiger partial charge in [-0.3, -0.25) is 9.59 Å². The van der Waals surface area contributed by atoms with E-state index in [1.165, 1.54) is 32.3 Å². The zero-order valence-electron chi connectivity index (χ0n) is 16.5. The number of halogens is 1. The van der Waals surface area contributed by atoms with Gasteiger partial charge >= 0.3 is 5.97 Å². The van der Waals surface area contributed by atoms with Gasteiger partial charge in [-0.1, -0.05) is 35.5 Å². The van der Waals surface area contributed by atoms with Crippen molar-refractivity contribution in [2.24, 2.45) is 0 Å². The molecule has 2 aromatic carbocycles. The Labute approximate surface area is 187 Å². The smallest absolute Gasteiger partial charge is 0.316 e. The summed E-state index contributed by atoms with van der Waals surface area (Å²) in [6.45, 7) is -0.536. The first-order valence-electron chi connectivity index (χ1n) is 8.83. The van der Waals surface area contributed by atoms with E-state index in [2.05, 4.69) is 10.3 Å². The number of para-hydroxylation sites is 2. The Bertz CT molecular complexity index is 1190. The summed E-state index contributed by atoms with van der Waals surface area (Å²) in [5.41, 5.74) is 1.49. The number of oxazole rings is 1. The molecule has 31 heavy (non-hydrogen) atoms. The maximum atomic E-state index is 12.3. The molecule has 0 aliphatic rings. The Morgan fingerprint density at radius 1 is 1.23 bits per heavy atom. The lowest BCUT2D eigenvalue weighted by Crippen LogP contribution is -2.24. The summed E-state index contributed by atoms with van der Waals surface area (Å²) in [6, 6.07) is 11.2. The molecular weight excluding hydrogens is 466 g/mol. The van der Waals surface area contributed by atoms with Gasteiger partial charge in [0.05, 0.1) is 5.02 Å². The monoisotopic (exact) mass is 483 g/mol. The fourth-order valence-corrected chi connectivity index (χ4v) is 4.42. The average Bonchev–Trinajstić information content (AvgIpc) is 3.15. The highest BCUT2D eigenvalue weighted by molar-refractivity contribution is 7.99. The summed E-state index contributed by atoms with van der Waals surface area (Å²) in [5, 5.41) is 2.81.